The zero-order valence-electron chi connectivity index (χ0n) is 13.1. The van der Waals surface area contributed by atoms with Crippen LogP contribution in [0.2, 0.25) is 0 Å². The van der Waals surface area contributed by atoms with Gasteiger partial charge in [-0.05, 0) is 25.3 Å². The third kappa shape index (κ3) is 4.96. The van der Waals surface area contributed by atoms with Crippen LogP contribution in [-0.2, 0) is 0 Å². The summed E-state index contributed by atoms with van der Waals surface area (Å²) in [6, 6.07) is 11.0. The molecule has 1 aromatic rings. The van der Waals surface area contributed by atoms with Gasteiger partial charge in [0.15, 0.2) is 0 Å². The molecule has 0 aliphatic heterocycles. The van der Waals surface area contributed by atoms with Gasteiger partial charge in [0.2, 0.25) is 0 Å². The smallest absolute Gasteiger partial charge is 0.0635 e. The second kappa shape index (κ2) is 8.04. The van der Waals surface area contributed by atoms with Crippen molar-refractivity contribution >= 4 is 0 Å². The Kier molecular flexibility index (Phi) is 6.70. The molecule has 0 aliphatic rings. The summed E-state index contributed by atoms with van der Waals surface area (Å²) in [5, 5.41) is 8.88. The predicted octanol–water partition coefficient (Wildman–Crippen LogP) is 3.26. The van der Waals surface area contributed by atoms with E-state index < -0.39 is 0 Å². The Balaban J connectivity index is 3.03. The number of nitrogens with two attached hydrogens (primary N) is 1. The van der Waals surface area contributed by atoms with Crippen molar-refractivity contribution in [2.45, 2.75) is 46.2 Å². The van der Waals surface area contributed by atoms with Gasteiger partial charge in [-0.3, -0.25) is 4.90 Å². The van der Waals surface area contributed by atoms with Gasteiger partial charge < -0.3 is 5.73 Å². The largest absolute Gasteiger partial charge is 0.326 e. The Labute approximate surface area is 123 Å². The van der Waals surface area contributed by atoms with Crippen LogP contribution in [0, 0.1) is 24.2 Å². The Morgan fingerprint density at radius 2 is 2.00 bits per heavy atom. The van der Waals surface area contributed by atoms with E-state index in [0.717, 1.165) is 13.1 Å². The molecule has 3 nitrogen and oxygen atoms in total. The number of nitriles is 1. The quantitative estimate of drug-likeness (QED) is 0.829. The second-order valence-corrected chi connectivity index (χ2v) is 6.01. The lowest BCUT2D eigenvalue weighted by molar-refractivity contribution is 0.160. The first kappa shape index (κ1) is 16.7. The van der Waals surface area contributed by atoms with Crippen molar-refractivity contribution < 1.29 is 0 Å². The standard InChI is InChI=1S/C17H27N3/c1-13(2)12-20(10-6-9-18)17(15(4)19)16-8-5-7-14(3)11-16/h5,7-8,11,13,15,17H,6,10,12,19H2,1-4H3. The summed E-state index contributed by atoms with van der Waals surface area (Å²) in [5.74, 6) is 0.555. The lowest BCUT2D eigenvalue weighted by Gasteiger charge is -2.35. The molecule has 0 radical (unpaired) electrons. The third-order valence-electron chi connectivity index (χ3n) is 3.39. The van der Waals surface area contributed by atoms with Crippen molar-refractivity contribution in [1.82, 2.24) is 4.90 Å². The molecule has 1 aromatic carbocycles. The van der Waals surface area contributed by atoms with Gasteiger partial charge in [0.05, 0.1) is 6.07 Å². The Bertz CT molecular complexity index is 446. The van der Waals surface area contributed by atoms with Crippen molar-refractivity contribution in [2.24, 2.45) is 11.7 Å². The van der Waals surface area contributed by atoms with Gasteiger partial charge in [-0.25, -0.2) is 0 Å². The Morgan fingerprint density at radius 3 is 2.50 bits per heavy atom. The molecule has 0 amide bonds. The minimum Gasteiger partial charge on any atom is -0.326 e. The van der Waals surface area contributed by atoms with Crippen LogP contribution in [-0.4, -0.2) is 24.0 Å². The van der Waals surface area contributed by atoms with Crippen molar-refractivity contribution in [3.8, 4) is 6.07 Å². The van der Waals surface area contributed by atoms with Crippen LogP contribution in [0.4, 0.5) is 0 Å². The van der Waals surface area contributed by atoms with Gasteiger partial charge >= 0.3 is 0 Å². The molecule has 110 valence electrons. The van der Waals surface area contributed by atoms with E-state index in [4.69, 9.17) is 11.0 Å². The van der Waals surface area contributed by atoms with E-state index in [1.54, 1.807) is 0 Å². The highest BCUT2D eigenvalue weighted by Gasteiger charge is 2.24. The Morgan fingerprint density at radius 1 is 1.30 bits per heavy atom. The average Bonchev–Trinajstić information content (AvgIpc) is 2.35. The molecule has 0 bridgehead atoms. The molecule has 1 rings (SSSR count). The summed E-state index contributed by atoms with van der Waals surface area (Å²) in [5.41, 5.74) is 8.74. The van der Waals surface area contributed by atoms with Gasteiger partial charge in [0.25, 0.3) is 0 Å². The molecule has 2 atom stereocenters. The molecule has 0 fully saturated rings. The first-order chi connectivity index (χ1) is 9.45. The molecule has 2 unspecified atom stereocenters. The second-order valence-electron chi connectivity index (χ2n) is 6.01. The maximum Gasteiger partial charge on any atom is 0.0635 e. The van der Waals surface area contributed by atoms with Gasteiger partial charge in [0, 0.05) is 31.6 Å². The van der Waals surface area contributed by atoms with Gasteiger partial charge in [0.1, 0.15) is 0 Å². The van der Waals surface area contributed by atoms with E-state index in [1.807, 2.05) is 6.92 Å². The van der Waals surface area contributed by atoms with Gasteiger partial charge in [-0.2, -0.15) is 5.26 Å². The number of hydrogen-bond acceptors (Lipinski definition) is 3. The summed E-state index contributed by atoms with van der Waals surface area (Å²) in [6.07, 6.45) is 0.543. The fourth-order valence-electron chi connectivity index (χ4n) is 2.71. The van der Waals surface area contributed by atoms with E-state index in [-0.39, 0.29) is 12.1 Å². The van der Waals surface area contributed by atoms with Crippen LogP contribution in [0.1, 0.15) is 44.4 Å². The molecular formula is C17H27N3. The van der Waals surface area contributed by atoms with Crippen LogP contribution < -0.4 is 5.73 Å². The van der Waals surface area contributed by atoms with Crippen LogP contribution in [0.15, 0.2) is 24.3 Å². The number of nitrogens with zero attached hydrogens (tertiary/aromatic N) is 2. The predicted molar refractivity (Wildman–Crippen MR) is 84.2 cm³/mol. The van der Waals surface area contributed by atoms with Crippen LogP contribution in [0.25, 0.3) is 0 Å². The third-order valence-corrected chi connectivity index (χ3v) is 3.39. The highest BCUT2D eigenvalue weighted by molar-refractivity contribution is 5.26. The summed E-state index contributed by atoms with van der Waals surface area (Å²) in [6.45, 7) is 10.3. The molecule has 2 N–H and O–H groups in total. The first-order valence-electron chi connectivity index (χ1n) is 7.38. The highest BCUT2D eigenvalue weighted by atomic mass is 15.2. The molecule has 3 heteroatoms. The zero-order valence-corrected chi connectivity index (χ0v) is 13.1. The Hall–Kier alpha value is -1.37. The number of aryl methyl sites for hydroxylation is 1. The van der Waals surface area contributed by atoms with Crippen molar-refractivity contribution in [3.05, 3.63) is 35.4 Å². The monoisotopic (exact) mass is 273 g/mol. The van der Waals surface area contributed by atoms with E-state index >= 15 is 0 Å². The molecule has 0 saturated carbocycles. The molecule has 0 saturated heterocycles. The summed E-state index contributed by atoms with van der Waals surface area (Å²) in [7, 11) is 0. The highest BCUT2D eigenvalue weighted by Crippen LogP contribution is 2.25. The fourth-order valence-corrected chi connectivity index (χ4v) is 2.71. The lowest BCUT2D eigenvalue weighted by atomic mass is 9.96. The molecule has 20 heavy (non-hydrogen) atoms. The molecule has 0 aromatic heterocycles. The first-order valence-corrected chi connectivity index (χ1v) is 7.38. The summed E-state index contributed by atoms with van der Waals surface area (Å²) < 4.78 is 0. The van der Waals surface area contributed by atoms with Crippen molar-refractivity contribution in [2.75, 3.05) is 13.1 Å². The van der Waals surface area contributed by atoms with Crippen molar-refractivity contribution in [1.29, 1.82) is 5.26 Å². The number of hydrogen-bond donors (Lipinski definition) is 1. The minimum absolute atomic E-state index is 0.0363. The minimum atomic E-state index is 0.0363. The lowest BCUT2D eigenvalue weighted by Crippen LogP contribution is -2.41. The molecular weight excluding hydrogens is 246 g/mol. The van der Waals surface area contributed by atoms with Gasteiger partial charge in [-0.15, -0.1) is 0 Å². The number of benzene rings is 1. The van der Waals surface area contributed by atoms with E-state index in [9.17, 15) is 0 Å². The maximum absolute atomic E-state index is 8.88. The number of rotatable bonds is 7. The topological polar surface area (TPSA) is 53.0 Å². The fraction of sp³-hybridized carbons (Fsp3) is 0.588. The molecule has 0 spiro atoms. The summed E-state index contributed by atoms with van der Waals surface area (Å²) >= 11 is 0. The molecule has 0 heterocycles. The summed E-state index contributed by atoms with van der Waals surface area (Å²) in [4.78, 5) is 2.35. The van der Waals surface area contributed by atoms with E-state index in [0.29, 0.717) is 12.3 Å². The van der Waals surface area contributed by atoms with Crippen LogP contribution >= 0.6 is 0 Å². The SMILES string of the molecule is Cc1cccc(C(C(C)N)N(CCC#N)CC(C)C)c1. The maximum atomic E-state index is 8.88. The average molecular weight is 273 g/mol. The van der Waals surface area contributed by atoms with Crippen LogP contribution in [0.3, 0.4) is 0 Å². The van der Waals surface area contributed by atoms with E-state index in [2.05, 4.69) is 56.0 Å². The zero-order chi connectivity index (χ0) is 15.1. The van der Waals surface area contributed by atoms with Crippen LogP contribution in [0.5, 0.6) is 0 Å². The van der Waals surface area contributed by atoms with E-state index in [1.165, 1.54) is 11.1 Å². The molecule has 0 aliphatic carbocycles. The van der Waals surface area contributed by atoms with Crippen molar-refractivity contribution in [3.63, 3.8) is 0 Å². The van der Waals surface area contributed by atoms with Gasteiger partial charge in [-0.1, -0.05) is 43.7 Å². The normalized spacial score (nSPS) is 14.3.